The summed E-state index contributed by atoms with van der Waals surface area (Å²) in [4.78, 5) is 19.5. The van der Waals surface area contributed by atoms with Crippen LogP contribution in [0.2, 0.25) is 0 Å². The van der Waals surface area contributed by atoms with Crippen molar-refractivity contribution in [3.63, 3.8) is 0 Å². The maximum absolute atomic E-state index is 14.7. The van der Waals surface area contributed by atoms with Gasteiger partial charge in [0.05, 0.1) is 18.8 Å². The summed E-state index contributed by atoms with van der Waals surface area (Å²) in [5, 5.41) is 10.3. The Bertz CT molecular complexity index is 1130. The Morgan fingerprint density at radius 1 is 1.23 bits per heavy atom. The van der Waals surface area contributed by atoms with Gasteiger partial charge in [-0.1, -0.05) is 18.2 Å². The molecule has 1 fully saturated rings. The number of hydrogen-bond donors (Lipinski definition) is 1. The van der Waals surface area contributed by atoms with Gasteiger partial charge in [-0.15, -0.1) is 11.8 Å². The summed E-state index contributed by atoms with van der Waals surface area (Å²) in [7, 11) is 1.60. The summed E-state index contributed by atoms with van der Waals surface area (Å²) in [5.74, 6) is 1.12. The number of aromatic nitrogens is 1. The van der Waals surface area contributed by atoms with E-state index in [1.807, 2.05) is 48.2 Å². The van der Waals surface area contributed by atoms with Gasteiger partial charge < -0.3 is 14.7 Å². The lowest BCUT2D eigenvalue weighted by Crippen LogP contribution is -2.42. The molecule has 0 bridgehead atoms. The Balaban J connectivity index is 1.34. The van der Waals surface area contributed by atoms with Crippen LogP contribution in [0, 0.1) is 17.7 Å². The number of carbonyl (C=O) groups is 1. The first-order chi connectivity index (χ1) is 17.0. The van der Waals surface area contributed by atoms with Crippen molar-refractivity contribution in [2.24, 2.45) is 11.8 Å². The summed E-state index contributed by atoms with van der Waals surface area (Å²) < 4.78 is 20.0. The standard InChI is InChI=1S/C28H33FN2O3S/c1-34-22-10-11-27-25(17-22)24(26(29)18-30-27)9-5-6-20-12-13-31(19-21(20)16-28(32)33)14-15-35-23-7-3-2-4-8-23/h2-4,7-8,10-11,17-18,20-21H,5-6,9,12-16,19H2,1H3,(H,32,33)/t20-,21+/m1/s1. The van der Waals surface area contributed by atoms with Gasteiger partial charge in [0.25, 0.3) is 0 Å². The van der Waals surface area contributed by atoms with Crippen LogP contribution in [0.15, 0.2) is 59.6 Å². The number of carboxylic acids is 1. The predicted octanol–water partition coefficient (Wildman–Crippen LogP) is 5.91. The van der Waals surface area contributed by atoms with E-state index in [9.17, 15) is 14.3 Å². The van der Waals surface area contributed by atoms with Gasteiger partial charge in [-0.3, -0.25) is 9.78 Å². The molecule has 1 aliphatic rings. The number of likely N-dealkylation sites (tertiary alicyclic amines) is 1. The zero-order valence-electron chi connectivity index (χ0n) is 20.2. The van der Waals surface area contributed by atoms with Crippen LogP contribution >= 0.6 is 11.8 Å². The Labute approximate surface area is 210 Å². The van der Waals surface area contributed by atoms with Gasteiger partial charge in [0, 0.05) is 35.5 Å². The van der Waals surface area contributed by atoms with Crippen molar-refractivity contribution in [1.82, 2.24) is 9.88 Å². The lowest BCUT2D eigenvalue weighted by molar-refractivity contribution is -0.139. The first kappa shape index (κ1) is 25.5. The molecule has 1 N–H and O–H groups in total. The van der Waals surface area contributed by atoms with Crippen molar-refractivity contribution in [2.75, 3.05) is 32.5 Å². The number of benzene rings is 2. The van der Waals surface area contributed by atoms with Gasteiger partial charge in [0.1, 0.15) is 11.6 Å². The molecule has 1 saturated heterocycles. The van der Waals surface area contributed by atoms with Gasteiger partial charge in [-0.05, 0) is 80.0 Å². The van der Waals surface area contributed by atoms with E-state index in [0.717, 1.165) is 55.6 Å². The topological polar surface area (TPSA) is 62.7 Å². The summed E-state index contributed by atoms with van der Waals surface area (Å²) in [5.41, 5.74) is 1.42. The number of rotatable bonds is 11. The molecule has 0 radical (unpaired) electrons. The second-order valence-electron chi connectivity index (χ2n) is 9.23. The molecule has 186 valence electrons. The van der Waals surface area contributed by atoms with E-state index in [4.69, 9.17) is 4.74 Å². The maximum Gasteiger partial charge on any atom is 0.303 e. The van der Waals surface area contributed by atoms with Crippen molar-refractivity contribution in [1.29, 1.82) is 0 Å². The fourth-order valence-corrected chi connectivity index (χ4v) is 6.06. The largest absolute Gasteiger partial charge is 0.497 e. The number of hydrogen-bond acceptors (Lipinski definition) is 5. The van der Waals surface area contributed by atoms with E-state index in [2.05, 4.69) is 22.0 Å². The molecule has 1 aliphatic heterocycles. The minimum atomic E-state index is -0.737. The van der Waals surface area contributed by atoms with Crippen LogP contribution in [0.25, 0.3) is 10.9 Å². The molecule has 0 amide bonds. The summed E-state index contributed by atoms with van der Waals surface area (Å²) in [6, 6.07) is 15.9. The quantitative estimate of drug-likeness (QED) is 0.333. The van der Waals surface area contributed by atoms with Crippen LogP contribution in [-0.4, -0.2) is 53.5 Å². The Morgan fingerprint density at radius 3 is 2.83 bits per heavy atom. The van der Waals surface area contributed by atoms with Crippen LogP contribution in [0.1, 0.15) is 31.2 Å². The summed E-state index contributed by atoms with van der Waals surface area (Å²) in [6.45, 7) is 2.76. The van der Waals surface area contributed by atoms with E-state index in [1.54, 1.807) is 7.11 Å². The van der Waals surface area contributed by atoms with E-state index >= 15 is 0 Å². The molecule has 2 atom stereocenters. The number of piperidine rings is 1. The van der Waals surface area contributed by atoms with Crippen molar-refractivity contribution in [3.05, 3.63) is 66.1 Å². The predicted molar refractivity (Wildman–Crippen MR) is 139 cm³/mol. The summed E-state index contributed by atoms with van der Waals surface area (Å²) in [6.07, 6.45) is 4.79. The number of aliphatic carboxylic acids is 1. The number of pyridine rings is 1. The minimum Gasteiger partial charge on any atom is -0.497 e. The van der Waals surface area contributed by atoms with Crippen molar-refractivity contribution in [2.45, 2.75) is 37.0 Å². The van der Waals surface area contributed by atoms with Gasteiger partial charge in [-0.25, -0.2) is 4.39 Å². The Kier molecular flexibility index (Phi) is 8.99. The molecule has 5 nitrogen and oxygen atoms in total. The third kappa shape index (κ3) is 6.95. The molecular formula is C28H33FN2O3S. The molecule has 2 heterocycles. The molecular weight excluding hydrogens is 463 g/mol. The Hall–Kier alpha value is -2.64. The number of halogens is 1. The van der Waals surface area contributed by atoms with E-state index < -0.39 is 5.97 Å². The van der Waals surface area contributed by atoms with Gasteiger partial charge in [0.15, 0.2) is 0 Å². The highest BCUT2D eigenvalue weighted by Gasteiger charge is 2.30. The highest BCUT2D eigenvalue weighted by molar-refractivity contribution is 7.99. The molecule has 0 saturated carbocycles. The van der Waals surface area contributed by atoms with E-state index in [1.165, 1.54) is 11.1 Å². The fraction of sp³-hybridized carbons (Fsp3) is 0.429. The van der Waals surface area contributed by atoms with Crippen LogP contribution < -0.4 is 4.74 Å². The molecule has 2 aromatic carbocycles. The fourth-order valence-electron chi connectivity index (χ4n) is 5.13. The Morgan fingerprint density at radius 2 is 2.06 bits per heavy atom. The van der Waals surface area contributed by atoms with Crippen molar-refractivity contribution < 1.29 is 19.0 Å². The average Bonchev–Trinajstić information content (AvgIpc) is 2.86. The average molecular weight is 497 g/mol. The second-order valence-corrected chi connectivity index (χ2v) is 10.4. The number of fused-ring (bicyclic) bond motifs is 1. The zero-order valence-corrected chi connectivity index (χ0v) is 21.0. The second kappa shape index (κ2) is 12.4. The number of aryl methyl sites for hydroxylation is 1. The van der Waals surface area contributed by atoms with Crippen LogP contribution in [0.5, 0.6) is 5.75 Å². The zero-order chi connectivity index (χ0) is 24.6. The third-order valence-corrected chi connectivity index (χ3v) is 7.96. The highest BCUT2D eigenvalue weighted by Crippen LogP contribution is 2.32. The molecule has 0 spiro atoms. The third-order valence-electron chi connectivity index (χ3n) is 6.97. The molecule has 35 heavy (non-hydrogen) atoms. The van der Waals surface area contributed by atoms with E-state index in [0.29, 0.717) is 23.7 Å². The van der Waals surface area contributed by atoms with Gasteiger partial charge in [-0.2, -0.15) is 0 Å². The lowest BCUT2D eigenvalue weighted by atomic mass is 9.80. The highest BCUT2D eigenvalue weighted by atomic mass is 32.2. The minimum absolute atomic E-state index is 0.127. The molecule has 7 heteroatoms. The number of methoxy groups -OCH3 is 1. The molecule has 1 aromatic heterocycles. The number of carboxylic acid groups (broad SMARTS) is 1. The number of thioether (sulfide) groups is 1. The molecule has 3 aromatic rings. The number of ether oxygens (including phenoxy) is 1. The van der Waals surface area contributed by atoms with Crippen molar-refractivity contribution in [3.8, 4) is 5.75 Å². The molecule has 0 unspecified atom stereocenters. The van der Waals surface area contributed by atoms with Gasteiger partial charge in [0.2, 0.25) is 0 Å². The molecule has 4 rings (SSSR count). The first-order valence-electron chi connectivity index (χ1n) is 12.3. The first-order valence-corrected chi connectivity index (χ1v) is 13.2. The van der Waals surface area contributed by atoms with Crippen molar-refractivity contribution >= 4 is 28.6 Å². The van der Waals surface area contributed by atoms with Crippen LogP contribution in [0.3, 0.4) is 0 Å². The molecule has 0 aliphatic carbocycles. The SMILES string of the molecule is COc1ccc2ncc(F)c(CCC[C@@H]3CCN(CCSc4ccccc4)C[C@@H]3CC(=O)O)c2c1. The summed E-state index contributed by atoms with van der Waals surface area (Å²) >= 11 is 1.84. The maximum atomic E-state index is 14.7. The van der Waals surface area contributed by atoms with Crippen LogP contribution in [-0.2, 0) is 11.2 Å². The number of nitrogens with zero attached hydrogens (tertiary/aromatic N) is 2. The smallest absolute Gasteiger partial charge is 0.303 e. The van der Waals surface area contributed by atoms with E-state index in [-0.39, 0.29) is 18.2 Å². The van der Waals surface area contributed by atoms with Gasteiger partial charge >= 0.3 is 5.97 Å². The monoisotopic (exact) mass is 496 g/mol. The van der Waals surface area contributed by atoms with Crippen LogP contribution in [0.4, 0.5) is 4.39 Å². The lowest BCUT2D eigenvalue weighted by Gasteiger charge is -2.38. The normalized spacial score (nSPS) is 18.6.